The molecule has 0 N–H and O–H groups in total. The number of hydrogen-bond acceptors (Lipinski definition) is 2. The van der Waals surface area contributed by atoms with Crippen LogP contribution in [0.3, 0.4) is 0 Å². The van der Waals surface area contributed by atoms with Gasteiger partial charge in [0.25, 0.3) is 0 Å². The Morgan fingerprint density at radius 3 is 2.71 bits per heavy atom. The van der Waals surface area contributed by atoms with Gasteiger partial charge < -0.3 is 4.90 Å². The topological polar surface area (TPSA) is 20.3 Å². The SMILES string of the molecule is CCCCN1C(=O)C(C)SC1c1cccc2ccccc12. The summed E-state index contributed by atoms with van der Waals surface area (Å²) in [7, 11) is 0. The summed E-state index contributed by atoms with van der Waals surface area (Å²) in [5, 5.41) is 2.73. The highest BCUT2D eigenvalue weighted by Crippen LogP contribution is 2.44. The Labute approximate surface area is 130 Å². The average molecular weight is 299 g/mol. The van der Waals surface area contributed by atoms with Gasteiger partial charge in [-0.3, -0.25) is 4.79 Å². The van der Waals surface area contributed by atoms with Crippen molar-refractivity contribution in [3.05, 3.63) is 48.0 Å². The van der Waals surface area contributed by atoms with Crippen LogP contribution in [0.1, 0.15) is 37.6 Å². The third-order valence-corrected chi connectivity index (χ3v) is 5.47. The monoisotopic (exact) mass is 299 g/mol. The van der Waals surface area contributed by atoms with Crippen LogP contribution in [-0.4, -0.2) is 22.6 Å². The number of hydrogen-bond donors (Lipinski definition) is 0. The van der Waals surface area contributed by atoms with Gasteiger partial charge in [0, 0.05) is 6.54 Å². The standard InChI is InChI=1S/C18H21NOS/c1-3-4-12-19-17(20)13(2)21-18(19)16-11-7-9-14-8-5-6-10-15(14)16/h5-11,13,18H,3-4,12H2,1-2H3. The van der Waals surface area contributed by atoms with Crippen LogP contribution in [0.5, 0.6) is 0 Å². The highest BCUT2D eigenvalue weighted by atomic mass is 32.2. The number of fused-ring (bicyclic) bond motifs is 1. The normalized spacial score (nSPS) is 22.2. The minimum atomic E-state index is 0.0609. The first kappa shape index (κ1) is 14.5. The second-order valence-electron chi connectivity index (χ2n) is 5.58. The maximum absolute atomic E-state index is 12.4. The number of carbonyl (C=O) groups excluding carboxylic acids is 1. The molecule has 2 nitrogen and oxygen atoms in total. The van der Waals surface area contributed by atoms with Gasteiger partial charge in [-0.05, 0) is 29.7 Å². The third kappa shape index (κ3) is 2.67. The van der Waals surface area contributed by atoms with Gasteiger partial charge in [-0.15, -0.1) is 11.8 Å². The van der Waals surface area contributed by atoms with Crippen LogP contribution in [0, 0.1) is 0 Å². The van der Waals surface area contributed by atoms with E-state index >= 15 is 0 Å². The zero-order valence-corrected chi connectivity index (χ0v) is 13.4. The van der Waals surface area contributed by atoms with Crippen molar-refractivity contribution >= 4 is 28.4 Å². The van der Waals surface area contributed by atoms with Crippen molar-refractivity contribution < 1.29 is 4.79 Å². The summed E-state index contributed by atoms with van der Waals surface area (Å²) in [5.41, 5.74) is 1.27. The molecule has 2 aromatic rings. The lowest BCUT2D eigenvalue weighted by atomic mass is 10.0. The third-order valence-electron chi connectivity index (χ3n) is 4.09. The molecule has 1 aliphatic heterocycles. The lowest BCUT2D eigenvalue weighted by Crippen LogP contribution is -2.31. The number of unbranched alkanes of at least 4 members (excludes halogenated alkanes) is 1. The van der Waals surface area contributed by atoms with Crippen LogP contribution in [0.15, 0.2) is 42.5 Å². The maximum atomic E-state index is 12.4. The molecule has 110 valence electrons. The van der Waals surface area contributed by atoms with Gasteiger partial charge in [0.05, 0.1) is 5.25 Å². The summed E-state index contributed by atoms with van der Waals surface area (Å²) >= 11 is 1.78. The van der Waals surface area contributed by atoms with Gasteiger partial charge in [0.1, 0.15) is 5.37 Å². The zero-order chi connectivity index (χ0) is 14.8. The number of nitrogens with zero attached hydrogens (tertiary/aromatic N) is 1. The predicted octanol–water partition coefficient (Wildman–Crippen LogP) is 4.60. The van der Waals surface area contributed by atoms with Crippen LogP contribution in [-0.2, 0) is 4.79 Å². The quantitative estimate of drug-likeness (QED) is 0.822. The van der Waals surface area contributed by atoms with Crippen molar-refractivity contribution in [2.75, 3.05) is 6.54 Å². The molecule has 0 spiro atoms. The van der Waals surface area contributed by atoms with E-state index < -0.39 is 0 Å². The molecular weight excluding hydrogens is 278 g/mol. The maximum Gasteiger partial charge on any atom is 0.236 e. The largest absolute Gasteiger partial charge is 0.326 e. The van der Waals surface area contributed by atoms with Crippen LogP contribution in [0.4, 0.5) is 0 Å². The summed E-state index contributed by atoms with van der Waals surface area (Å²) in [6, 6.07) is 14.9. The minimum Gasteiger partial charge on any atom is -0.326 e. The van der Waals surface area contributed by atoms with Crippen molar-refractivity contribution in [1.82, 2.24) is 4.90 Å². The Kier molecular flexibility index (Phi) is 4.20. The molecule has 0 saturated carbocycles. The highest BCUT2D eigenvalue weighted by molar-refractivity contribution is 8.01. The van der Waals surface area contributed by atoms with Crippen molar-refractivity contribution in [1.29, 1.82) is 0 Å². The van der Waals surface area contributed by atoms with E-state index in [4.69, 9.17) is 0 Å². The molecule has 1 fully saturated rings. The van der Waals surface area contributed by atoms with Gasteiger partial charge in [-0.25, -0.2) is 0 Å². The van der Waals surface area contributed by atoms with E-state index in [1.165, 1.54) is 16.3 Å². The molecule has 0 radical (unpaired) electrons. The van der Waals surface area contributed by atoms with Gasteiger partial charge >= 0.3 is 0 Å². The van der Waals surface area contributed by atoms with Gasteiger partial charge in [0.15, 0.2) is 0 Å². The number of thioether (sulfide) groups is 1. The van der Waals surface area contributed by atoms with E-state index in [2.05, 4.69) is 54.3 Å². The lowest BCUT2D eigenvalue weighted by molar-refractivity contribution is -0.129. The van der Waals surface area contributed by atoms with Crippen molar-refractivity contribution in [2.45, 2.75) is 37.3 Å². The van der Waals surface area contributed by atoms with E-state index in [1.807, 2.05) is 6.92 Å². The molecule has 1 heterocycles. The summed E-state index contributed by atoms with van der Waals surface area (Å²) < 4.78 is 0. The summed E-state index contributed by atoms with van der Waals surface area (Å²) in [5.74, 6) is 0.284. The lowest BCUT2D eigenvalue weighted by Gasteiger charge is -2.25. The highest BCUT2D eigenvalue weighted by Gasteiger charge is 2.38. The summed E-state index contributed by atoms with van der Waals surface area (Å²) in [4.78, 5) is 14.5. The molecule has 2 aromatic carbocycles. The van der Waals surface area contributed by atoms with Crippen molar-refractivity contribution in [3.63, 3.8) is 0 Å². The molecule has 2 unspecified atom stereocenters. The van der Waals surface area contributed by atoms with E-state index in [0.717, 1.165) is 19.4 Å². The minimum absolute atomic E-state index is 0.0609. The first-order chi connectivity index (χ1) is 10.2. The van der Waals surface area contributed by atoms with Crippen LogP contribution in [0.25, 0.3) is 10.8 Å². The molecule has 0 aromatic heterocycles. The zero-order valence-electron chi connectivity index (χ0n) is 12.6. The van der Waals surface area contributed by atoms with Crippen LogP contribution >= 0.6 is 11.8 Å². The van der Waals surface area contributed by atoms with Crippen molar-refractivity contribution in [3.8, 4) is 0 Å². The molecule has 1 amide bonds. The number of carbonyl (C=O) groups is 1. The van der Waals surface area contributed by atoms with Crippen LogP contribution in [0.2, 0.25) is 0 Å². The average Bonchev–Trinajstić information content (AvgIpc) is 2.80. The molecule has 3 heteroatoms. The second-order valence-corrected chi connectivity index (χ2v) is 7.01. The Morgan fingerprint density at radius 2 is 1.90 bits per heavy atom. The van der Waals surface area contributed by atoms with E-state index in [-0.39, 0.29) is 16.5 Å². The fraction of sp³-hybridized carbons (Fsp3) is 0.389. The first-order valence-corrected chi connectivity index (χ1v) is 8.60. The van der Waals surface area contributed by atoms with Gasteiger partial charge in [-0.1, -0.05) is 55.8 Å². The van der Waals surface area contributed by atoms with E-state index in [0.29, 0.717) is 0 Å². The number of benzene rings is 2. The number of rotatable bonds is 4. The molecule has 3 rings (SSSR count). The second kappa shape index (κ2) is 6.10. The molecule has 21 heavy (non-hydrogen) atoms. The summed E-state index contributed by atoms with van der Waals surface area (Å²) in [6.07, 6.45) is 2.19. The fourth-order valence-electron chi connectivity index (χ4n) is 2.94. The van der Waals surface area contributed by atoms with Gasteiger partial charge in [-0.2, -0.15) is 0 Å². The summed E-state index contributed by atoms with van der Waals surface area (Å²) in [6.45, 7) is 5.06. The smallest absolute Gasteiger partial charge is 0.236 e. The fourth-order valence-corrected chi connectivity index (χ4v) is 4.28. The molecule has 1 saturated heterocycles. The van der Waals surface area contributed by atoms with Gasteiger partial charge in [0.2, 0.25) is 5.91 Å². The van der Waals surface area contributed by atoms with Crippen LogP contribution < -0.4 is 0 Å². The van der Waals surface area contributed by atoms with Crippen molar-refractivity contribution in [2.24, 2.45) is 0 Å². The molecule has 0 aliphatic carbocycles. The van der Waals surface area contributed by atoms with E-state index in [1.54, 1.807) is 11.8 Å². The Morgan fingerprint density at radius 1 is 1.14 bits per heavy atom. The molecule has 2 atom stereocenters. The molecule has 0 bridgehead atoms. The Bertz CT molecular complexity index is 649. The molecule has 1 aliphatic rings. The number of amides is 1. The first-order valence-electron chi connectivity index (χ1n) is 7.66. The molecular formula is C18H21NOS. The predicted molar refractivity (Wildman–Crippen MR) is 90.4 cm³/mol. The Hall–Kier alpha value is -1.48. The van der Waals surface area contributed by atoms with E-state index in [9.17, 15) is 4.79 Å². The Balaban J connectivity index is 2.02.